The predicted octanol–water partition coefficient (Wildman–Crippen LogP) is 4.50. The first-order valence-electron chi connectivity index (χ1n) is 8.66. The highest BCUT2D eigenvalue weighted by atomic mass is 35.5. The summed E-state index contributed by atoms with van der Waals surface area (Å²) in [4.78, 5) is 22.6. The molecule has 0 aliphatic heterocycles. The molecule has 3 rings (SSSR count). The van der Waals surface area contributed by atoms with Crippen molar-refractivity contribution in [2.45, 2.75) is 13.3 Å². The molecule has 0 fully saturated rings. The summed E-state index contributed by atoms with van der Waals surface area (Å²) in [6.07, 6.45) is 5.89. The van der Waals surface area contributed by atoms with E-state index in [4.69, 9.17) is 11.6 Å². The largest absolute Gasteiger partial charge is 0.341 e. The van der Waals surface area contributed by atoms with Gasteiger partial charge in [0, 0.05) is 42.9 Å². The lowest BCUT2D eigenvalue weighted by molar-refractivity contribution is 0.0796. The van der Waals surface area contributed by atoms with Gasteiger partial charge < -0.3 is 10.2 Å². The molecule has 2 aromatic heterocycles. The highest BCUT2D eigenvalue weighted by Crippen LogP contribution is 2.22. The quantitative estimate of drug-likeness (QED) is 0.684. The topological polar surface area (TPSA) is 58.1 Å². The Hall–Kier alpha value is -2.92. The van der Waals surface area contributed by atoms with Crippen LogP contribution < -0.4 is 5.32 Å². The van der Waals surface area contributed by atoms with E-state index >= 15 is 0 Å². The average Bonchev–Trinajstić information content (AvgIpc) is 2.70. The van der Waals surface area contributed by atoms with Crippen LogP contribution in [0.3, 0.4) is 0 Å². The van der Waals surface area contributed by atoms with Gasteiger partial charge in [-0.15, -0.1) is 0 Å². The maximum atomic E-state index is 12.6. The zero-order valence-corrected chi connectivity index (χ0v) is 16.1. The van der Waals surface area contributed by atoms with Crippen molar-refractivity contribution in [3.8, 4) is 0 Å². The second-order valence-corrected chi connectivity index (χ2v) is 6.76. The zero-order valence-electron chi connectivity index (χ0n) is 15.3. The number of amides is 1. The van der Waals surface area contributed by atoms with Crippen LogP contribution in [0.1, 0.15) is 21.5 Å². The van der Waals surface area contributed by atoms with Gasteiger partial charge in [-0.25, -0.2) is 4.98 Å². The lowest BCUT2D eigenvalue weighted by Crippen LogP contribution is -2.28. The van der Waals surface area contributed by atoms with Gasteiger partial charge in [-0.3, -0.25) is 9.78 Å². The van der Waals surface area contributed by atoms with Gasteiger partial charge in [0.2, 0.25) is 0 Å². The molecule has 0 bridgehead atoms. The summed E-state index contributed by atoms with van der Waals surface area (Å²) in [5.41, 5.74) is 3.58. The van der Waals surface area contributed by atoms with E-state index in [0.717, 1.165) is 23.2 Å². The predicted molar refractivity (Wildman–Crippen MR) is 109 cm³/mol. The molecule has 6 heteroatoms. The number of rotatable bonds is 6. The first kappa shape index (κ1) is 18.9. The molecule has 138 valence electrons. The smallest absolute Gasteiger partial charge is 0.255 e. The molecule has 0 aliphatic rings. The molecule has 5 nitrogen and oxygen atoms in total. The first-order valence-corrected chi connectivity index (χ1v) is 9.04. The minimum Gasteiger partial charge on any atom is -0.341 e. The van der Waals surface area contributed by atoms with Crippen molar-refractivity contribution in [3.63, 3.8) is 0 Å². The number of benzene rings is 1. The van der Waals surface area contributed by atoms with Crippen molar-refractivity contribution < 1.29 is 4.79 Å². The fraction of sp³-hybridized carbons (Fsp3) is 0.190. The minimum absolute atomic E-state index is 0.0542. The van der Waals surface area contributed by atoms with E-state index in [0.29, 0.717) is 22.9 Å². The summed E-state index contributed by atoms with van der Waals surface area (Å²) in [7, 11) is 1.80. The Labute approximate surface area is 164 Å². The number of aryl methyl sites for hydroxylation is 1. The summed E-state index contributed by atoms with van der Waals surface area (Å²) in [6, 6.07) is 13.2. The third-order valence-corrected chi connectivity index (χ3v) is 4.69. The molecule has 0 atom stereocenters. The Morgan fingerprint density at radius 1 is 1.15 bits per heavy atom. The highest BCUT2D eigenvalue weighted by molar-refractivity contribution is 6.31. The maximum Gasteiger partial charge on any atom is 0.255 e. The monoisotopic (exact) mass is 380 g/mol. The van der Waals surface area contributed by atoms with Gasteiger partial charge in [-0.05, 0) is 60.9 Å². The van der Waals surface area contributed by atoms with Crippen LogP contribution in [-0.2, 0) is 6.42 Å². The Morgan fingerprint density at radius 3 is 2.59 bits per heavy atom. The Kier molecular flexibility index (Phi) is 6.04. The van der Waals surface area contributed by atoms with Crippen molar-refractivity contribution in [1.29, 1.82) is 0 Å². The molecule has 27 heavy (non-hydrogen) atoms. The normalized spacial score (nSPS) is 10.5. The third kappa shape index (κ3) is 5.05. The van der Waals surface area contributed by atoms with Crippen LogP contribution >= 0.6 is 11.6 Å². The molecular formula is C21H21ClN4O. The zero-order chi connectivity index (χ0) is 19.2. The molecule has 0 saturated carbocycles. The lowest BCUT2D eigenvalue weighted by atomic mass is 10.2. The second-order valence-electron chi connectivity index (χ2n) is 6.35. The number of carbonyl (C=O) groups is 1. The van der Waals surface area contributed by atoms with Gasteiger partial charge in [0.1, 0.15) is 5.82 Å². The average molecular weight is 381 g/mol. The molecule has 3 aromatic rings. The molecule has 0 unspecified atom stereocenters. The summed E-state index contributed by atoms with van der Waals surface area (Å²) in [5.74, 6) is 0.604. The van der Waals surface area contributed by atoms with Crippen LogP contribution in [-0.4, -0.2) is 34.4 Å². The van der Waals surface area contributed by atoms with E-state index in [1.165, 1.54) is 0 Å². The number of anilines is 2. The molecule has 2 heterocycles. The molecular weight excluding hydrogens is 360 g/mol. The van der Waals surface area contributed by atoms with Crippen molar-refractivity contribution in [2.75, 3.05) is 18.9 Å². The van der Waals surface area contributed by atoms with Gasteiger partial charge in [0.15, 0.2) is 0 Å². The van der Waals surface area contributed by atoms with Crippen LogP contribution in [0.15, 0.2) is 61.1 Å². The second kappa shape index (κ2) is 8.64. The van der Waals surface area contributed by atoms with Crippen molar-refractivity contribution >= 4 is 29.0 Å². The fourth-order valence-electron chi connectivity index (χ4n) is 2.58. The number of nitrogens with one attached hydrogen (secondary N) is 1. The van der Waals surface area contributed by atoms with Crippen LogP contribution in [0, 0.1) is 6.92 Å². The van der Waals surface area contributed by atoms with E-state index < -0.39 is 0 Å². The van der Waals surface area contributed by atoms with Crippen LogP contribution in [0.2, 0.25) is 5.02 Å². The highest BCUT2D eigenvalue weighted by Gasteiger charge is 2.12. The number of likely N-dealkylation sites (N-methyl/N-ethyl adjacent to an activating group) is 1. The van der Waals surface area contributed by atoms with Crippen LogP contribution in [0.4, 0.5) is 11.5 Å². The molecule has 1 N–H and O–H groups in total. The Balaban J connectivity index is 1.60. The van der Waals surface area contributed by atoms with E-state index in [-0.39, 0.29) is 5.91 Å². The van der Waals surface area contributed by atoms with E-state index in [1.807, 2.05) is 37.3 Å². The van der Waals surface area contributed by atoms with Crippen molar-refractivity contribution in [1.82, 2.24) is 14.9 Å². The number of hydrogen-bond donors (Lipinski definition) is 1. The molecule has 1 amide bonds. The van der Waals surface area contributed by atoms with E-state index in [1.54, 1.807) is 42.7 Å². The summed E-state index contributed by atoms with van der Waals surface area (Å²) in [5, 5.41) is 3.88. The van der Waals surface area contributed by atoms with E-state index in [2.05, 4.69) is 15.3 Å². The first-order chi connectivity index (χ1) is 13.0. The SMILES string of the molecule is Cc1ccc(Nc2ccc(C(=O)N(C)CCc3ccncc3)cn2)cc1Cl. The van der Waals surface area contributed by atoms with Crippen molar-refractivity contribution in [2.24, 2.45) is 0 Å². The number of halogens is 1. The maximum absolute atomic E-state index is 12.6. The summed E-state index contributed by atoms with van der Waals surface area (Å²) < 4.78 is 0. The lowest BCUT2D eigenvalue weighted by Gasteiger charge is -2.17. The number of hydrogen-bond acceptors (Lipinski definition) is 4. The Bertz CT molecular complexity index is 913. The van der Waals surface area contributed by atoms with Gasteiger partial charge in [0.05, 0.1) is 5.56 Å². The molecule has 0 spiro atoms. The number of aromatic nitrogens is 2. The fourth-order valence-corrected chi connectivity index (χ4v) is 2.76. The number of pyridine rings is 2. The van der Waals surface area contributed by atoms with E-state index in [9.17, 15) is 4.79 Å². The van der Waals surface area contributed by atoms with Gasteiger partial charge in [-0.2, -0.15) is 0 Å². The number of carbonyl (C=O) groups excluding carboxylic acids is 1. The third-order valence-electron chi connectivity index (χ3n) is 4.29. The summed E-state index contributed by atoms with van der Waals surface area (Å²) >= 11 is 6.14. The van der Waals surface area contributed by atoms with Gasteiger partial charge in [0.25, 0.3) is 5.91 Å². The van der Waals surface area contributed by atoms with Crippen LogP contribution in [0.5, 0.6) is 0 Å². The standard InChI is InChI=1S/C21H21ClN4O/c1-15-3-5-18(13-19(15)22)25-20-6-4-17(14-24-20)21(27)26(2)12-9-16-7-10-23-11-8-16/h3-8,10-11,13-14H,9,12H2,1-2H3,(H,24,25). The van der Waals surface area contributed by atoms with Gasteiger partial charge >= 0.3 is 0 Å². The summed E-state index contributed by atoms with van der Waals surface area (Å²) in [6.45, 7) is 2.58. The number of nitrogens with zero attached hydrogens (tertiary/aromatic N) is 3. The van der Waals surface area contributed by atoms with Crippen molar-refractivity contribution in [3.05, 3.63) is 82.8 Å². The molecule has 1 aromatic carbocycles. The van der Waals surface area contributed by atoms with Crippen LogP contribution in [0.25, 0.3) is 0 Å². The molecule has 0 radical (unpaired) electrons. The molecule has 0 saturated heterocycles. The van der Waals surface area contributed by atoms with Gasteiger partial charge in [-0.1, -0.05) is 17.7 Å². The molecule has 0 aliphatic carbocycles. The Morgan fingerprint density at radius 2 is 1.93 bits per heavy atom. The minimum atomic E-state index is -0.0542.